The fraction of sp³-hybridized carbons (Fsp3) is 0.857. The zero-order valence-electron chi connectivity index (χ0n) is 11.9. The molecule has 2 rings (SSSR count). The molecular weight excluding hydrogens is 260 g/mol. The maximum absolute atomic E-state index is 12.2. The number of aliphatic carboxylic acids is 1. The first-order chi connectivity index (χ1) is 9.47. The van der Waals surface area contributed by atoms with Crippen LogP contribution in [-0.2, 0) is 4.79 Å². The largest absolute Gasteiger partial charge is 0.481 e. The molecule has 1 aliphatic carbocycles. The number of carboxylic acid groups (broad SMARTS) is 1. The van der Waals surface area contributed by atoms with E-state index in [9.17, 15) is 14.7 Å². The summed E-state index contributed by atoms with van der Waals surface area (Å²) in [6.07, 6.45) is 3.29. The molecule has 1 saturated carbocycles. The van der Waals surface area contributed by atoms with Crippen molar-refractivity contribution in [1.82, 2.24) is 10.2 Å². The first kappa shape index (κ1) is 15.1. The van der Waals surface area contributed by atoms with Crippen LogP contribution in [0.2, 0.25) is 0 Å². The number of hydrogen-bond acceptors (Lipinski definition) is 3. The first-order valence-corrected chi connectivity index (χ1v) is 7.42. The number of aliphatic hydroxyl groups is 1. The number of urea groups is 1. The SMILES string of the molecule is CC(O)C1CCN(C(=O)NC(CC(=O)O)C2CC2)CC1. The minimum absolute atomic E-state index is 0.000541. The van der Waals surface area contributed by atoms with Crippen LogP contribution in [0.25, 0.3) is 0 Å². The zero-order valence-corrected chi connectivity index (χ0v) is 11.9. The summed E-state index contributed by atoms with van der Waals surface area (Å²) in [5, 5.41) is 21.3. The van der Waals surface area contributed by atoms with Gasteiger partial charge in [0.1, 0.15) is 0 Å². The smallest absolute Gasteiger partial charge is 0.317 e. The van der Waals surface area contributed by atoms with Gasteiger partial charge in [-0.3, -0.25) is 4.79 Å². The number of amides is 2. The second-order valence-corrected chi connectivity index (χ2v) is 6.06. The molecule has 1 heterocycles. The summed E-state index contributed by atoms with van der Waals surface area (Å²) in [5.74, 6) is -0.280. The van der Waals surface area contributed by atoms with E-state index in [1.54, 1.807) is 11.8 Å². The number of carbonyl (C=O) groups is 2. The number of carboxylic acids is 1. The number of hydrogen-bond donors (Lipinski definition) is 3. The van der Waals surface area contributed by atoms with Gasteiger partial charge in [0, 0.05) is 19.1 Å². The van der Waals surface area contributed by atoms with Crippen molar-refractivity contribution in [2.75, 3.05) is 13.1 Å². The number of nitrogens with zero attached hydrogens (tertiary/aromatic N) is 1. The molecule has 0 aromatic heterocycles. The average Bonchev–Trinajstić information content (AvgIpc) is 3.21. The molecule has 1 saturated heterocycles. The van der Waals surface area contributed by atoms with E-state index in [2.05, 4.69) is 5.32 Å². The third-order valence-corrected chi connectivity index (χ3v) is 4.40. The average molecular weight is 284 g/mol. The normalized spacial score (nSPS) is 23.2. The minimum atomic E-state index is -0.866. The van der Waals surface area contributed by atoms with Crippen LogP contribution in [0.1, 0.15) is 39.0 Å². The van der Waals surface area contributed by atoms with Crippen molar-refractivity contribution >= 4 is 12.0 Å². The zero-order chi connectivity index (χ0) is 14.7. The monoisotopic (exact) mass is 284 g/mol. The highest BCUT2D eigenvalue weighted by Crippen LogP contribution is 2.34. The van der Waals surface area contributed by atoms with Gasteiger partial charge in [-0.1, -0.05) is 0 Å². The maximum atomic E-state index is 12.2. The topological polar surface area (TPSA) is 89.9 Å². The lowest BCUT2D eigenvalue weighted by atomic mass is 9.92. The van der Waals surface area contributed by atoms with E-state index in [-0.39, 0.29) is 30.5 Å². The summed E-state index contributed by atoms with van der Waals surface area (Å²) in [6.45, 7) is 3.05. The third-order valence-electron chi connectivity index (χ3n) is 4.40. The highest BCUT2D eigenvalue weighted by Gasteiger charge is 2.35. The van der Waals surface area contributed by atoms with E-state index in [0.29, 0.717) is 19.0 Å². The Morgan fingerprint density at radius 1 is 1.20 bits per heavy atom. The van der Waals surface area contributed by atoms with Gasteiger partial charge in [0.25, 0.3) is 0 Å². The number of piperidine rings is 1. The predicted molar refractivity (Wildman–Crippen MR) is 73.3 cm³/mol. The molecule has 0 radical (unpaired) electrons. The van der Waals surface area contributed by atoms with Gasteiger partial charge in [-0.05, 0) is 44.4 Å². The van der Waals surface area contributed by atoms with Crippen molar-refractivity contribution in [1.29, 1.82) is 0 Å². The summed E-state index contributed by atoms with van der Waals surface area (Å²) in [6, 6.07) is -0.401. The van der Waals surface area contributed by atoms with Crippen molar-refractivity contribution in [3.8, 4) is 0 Å². The Morgan fingerprint density at radius 3 is 2.25 bits per heavy atom. The summed E-state index contributed by atoms with van der Waals surface area (Å²) in [5.41, 5.74) is 0. The van der Waals surface area contributed by atoms with Crippen molar-refractivity contribution in [2.45, 2.75) is 51.2 Å². The van der Waals surface area contributed by atoms with Gasteiger partial charge < -0.3 is 20.4 Å². The fourth-order valence-electron chi connectivity index (χ4n) is 2.86. The molecule has 0 bridgehead atoms. The molecule has 2 fully saturated rings. The van der Waals surface area contributed by atoms with E-state index in [1.165, 1.54) is 0 Å². The van der Waals surface area contributed by atoms with Gasteiger partial charge in [-0.25, -0.2) is 4.79 Å². The molecule has 0 spiro atoms. The van der Waals surface area contributed by atoms with Gasteiger partial charge in [-0.2, -0.15) is 0 Å². The molecule has 3 N–H and O–H groups in total. The molecule has 0 aromatic rings. The Kier molecular flexibility index (Phi) is 4.86. The van der Waals surface area contributed by atoms with E-state index < -0.39 is 5.97 Å². The van der Waals surface area contributed by atoms with Gasteiger partial charge in [0.15, 0.2) is 0 Å². The second kappa shape index (κ2) is 6.43. The fourth-order valence-corrected chi connectivity index (χ4v) is 2.86. The highest BCUT2D eigenvalue weighted by atomic mass is 16.4. The van der Waals surface area contributed by atoms with Crippen LogP contribution in [0.15, 0.2) is 0 Å². The Morgan fingerprint density at radius 2 is 1.80 bits per heavy atom. The van der Waals surface area contributed by atoms with Crippen molar-refractivity contribution < 1.29 is 19.8 Å². The van der Waals surface area contributed by atoms with Gasteiger partial charge >= 0.3 is 12.0 Å². The molecule has 20 heavy (non-hydrogen) atoms. The van der Waals surface area contributed by atoms with Gasteiger partial charge in [-0.15, -0.1) is 0 Å². The third kappa shape index (κ3) is 4.10. The van der Waals surface area contributed by atoms with Crippen molar-refractivity contribution in [3.05, 3.63) is 0 Å². The molecule has 6 heteroatoms. The van der Waals surface area contributed by atoms with E-state index in [0.717, 1.165) is 25.7 Å². The Labute approximate surface area is 119 Å². The van der Waals surface area contributed by atoms with Crippen LogP contribution in [0.3, 0.4) is 0 Å². The molecule has 2 aliphatic rings. The molecular formula is C14H24N2O4. The molecule has 2 unspecified atom stereocenters. The minimum Gasteiger partial charge on any atom is -0.481 e. The number of aliphatic hydroxyl groups excluding tert-OH is 1. The summed E-state index contributed by atoms with van der Waals surface area (Å²) in [7, 11) is 0. The quantitative estimate of drug-likeness (QED) is 0.703. The number of rotatable bonds is 5. The van der Waals surface area contributed by atoms with Crippen LogP contribution < -0.4 is 5.32 Å². The summed E-state index contributed by atoms with van der Waals surface area (Å²) < 4.78 is 0. The van der Waals surface area contributed by atoms with Gasteiger partial charge in [0.05, 0.1) is 12.5 Å². The number of nitrogens with one attached hydrogen (secondary N) is 1. The number of likely N-dealkylation sites (tertiary alicyclic amines) is 1. The Balaban J connectivity index is 1.80. The lowest BCUT2D eigenvalue weighted by Crippen LogP contribution is -2.49. The number of carbonyl (C=O) groups excluding carboxylic acids is 1. The van der Waals surface area contributed by atoms with E-state index in [4.69, 9.17) is 5.11 Å². The first-order valence-electron chi connectivity index (χ1n) is 7.42. The molecule has 114 valence electrons. The van der Waals surface area contributed by atoms with Crippen LogP contribution in [-0.4, -0.2) is 52.3 Å². The molecule has 6 nitrogen and oxygen atoms in total. The second-order valence-electron chi connectivity index (χ2n) is 6.06. The molecule has 1 aliphatic heterocycles. The van der Waals surface area contributed by atoms with Crippen LogP contribution in [0.4, 0.5) is 4.79 Å². The van der Waals surface area contributed by atoms with E-state index in [1.807, 2.05) is 0 Å². The maximum Gasteiger partial charge on any atom is 0.317 e. The van der Waals surface area contributed by atoms with Crippen LogP contribution >= 0.6 is 0 Å². The van der Waals surface area contributed by atoms with Crippen LogP contribution in [0.5, 0.6) is 0 Å². The van der Waals surface area contributed by atoms with Crippen LogP contribution in [0, 0.1) is 11.8 Å². The van der Waals surface area contributed by atoms with E-state index >= 15 is 0 Å². The Bertz CT molecular complexity index is 360. The predicted octanol–water partition coefficient (Wildman–Crippen LogP) is 1.04. The molecule has 0 aromatic carbocycles. The molecule has 2 amide bonds. The van der Waals surface area contributed by atoms with Crippen molar-refractivity contribution in [3.63, 3.8) is 0 Å². The summed E-state index contributed by atoms with van der Waals surface area (Å²) in [4.78, 5) is 24.7. The summed E-state index contributed by atoms with van der Waals surface area (Å²) >= 11 is 0. The standard InChI is InChI=1S/C14H24N2O4/c1-9(17)10-4-6-16(7-5-10)14(20)15-12(8-13(18)19)11-2-3-11/h9-12,17H,2-8H2,1H3,(H,15,20)(H,18,19). The highest BCUT2D eigenvalue weighted by molar-refractivity contribution is 5.76. The Hall–Kier alpha value is -1.30. The lowest BCUT2D eigenvalue weighted by Gasteiger charge is -2.34. The lowest BCUT2D eigenvalue weighted by molar-refractivity contribution is -0.137. The van der Waals surface area contributed by atoms with Crippen molar-refractivity contribution in [2.24, 2.45) is 11.8 Å². The molecule has 2 atom stereocenters. The van der Waals surface area contributed by atoms with Gasteiger partial charge in [0.2, 0.25) is 0 Å².